The van der Waals surface area contributed by atoms with Crippen LogP contribution in [0.3, 0.4) is 0 Å². The predicted molar refractivity (Wildman–Crippen MR) is 144 cm³/mol. The number of piperidine rings is 1. The Labute approximate surface area is 218 Å². The number of benzene rings is 2. The topological polar surface area (TPSA) is 70.5 Å². The Morgan fingerprint density at radius 2 is 1.76 bits per heavy atom. The van der Waals surface area contributed by atoms with Gasteiger partial charge in [0.1, 0.15) is 11.5 Å². The lowest BCUT2D eigenvalue weighted by atomic mass is 9.79. The van der Waals surface area contributed by atoms with Crippen LogP contribution in [0.4, 0.5) is 15.8 Å². The molecule has 37 heavy (non-hydrogen) atoms. The van der Waals surface area contributed by atoms with Gasteiger partial charge in [0, 0.05) is 44.6 Å². The van der Waals surface area contributed by atoms with Gasteiger partial charge in [-0.15, -0.1) is 0 Å². The van der Waals surface area contributed by atoms with E-state index in [1.807, 2.05) is 60.9 Å². The van der Waals surface area contributed by atoms with Gasteiger partial charge in [0.05, 0.1) is 11.6 Å². The first-order valence-corrected chi connectivity index (χ1v) is 13.2. The summed E-state index contributed by atoms with van der Waals surface area (Å²) in [6, 6.07) is 16.5. The summed E-state index contributed by atoms with van der Waals surface area (Å²) in [6.45, 7) is 9.21. The van der Waals surface area contributed by atoms with Crippen LogP contribution in [0.25, 0.3) is 0 Å². The standard InChI is InChI=1S/C29H36FN5O2/c1-4-33(5-2)29(37)27(21-10-8-7-9-11-21)22-15-18-34(19-16-22)25-13-12-23(20-24(25)30)32-28(36)26-14-17-31-35(26)6-3/h7-14,17,20,22,27H,4-6,15-16,18-19H2,1-3H3,(H,32,36). The lowest BCUT2D eigenvalue weighted by Gasteiger charge is -2.38. The van der Waals surface area contributed by atoms with Crippen LogP contribution in [0.5, 0.6) is 0 Å². The Morgan fingerprint density at radius 1 is 1.05 bits per heavy atom. The highest BCUT2D eigenvalue weighted by atomic mass is 19.1. The first-order valence-electron chi connectivity index (χ1n) is 13.2. The SMILES string of the molecule is CCN(CC)C(=O)C(c1ccccc1)C1CCN(c2ccc(NC(=O)c3ccnn3CC)cc2F)CC1. The Hall–Kier alpha value is -3.68. The maximum Gasteiger partial charge on any atom is 0.273 e. The smallest absolute Gasteiger partial charge is 0.273 e. The Balaban J connectivity index is 1.44. The summed E-state index contributed by atoms with van der Waals surface area (Å²) in [6.07, 6.45) is 3.17. The Bertz CT molecular complexity index is 1200. The van der Waals surface area contributed by atoms with Crippen molar-refractivity contribution in [2.75, 3.05) is 36.4 Å². The molecule has 0 aliphatic carbocycles. The van der Waals surface area contributed by atoms with Crippen molar-refractivity contribution in [1.29, 1.82) is 0 Å². The molecule has 0 bridgehead atoms. The molecular weight excluding hydrogens is 469 g/mol. The second-order valence-electron chi connectivity index (χ2n) is 9.38. The summed E-state index contributed by atoms with van der Waals surface area (Å²) < 4.78 is 16.7. The van der Waals surface area contributed by atoms with Gasteiger partial charge in [-0.2, -0.15) is 5.10 Å². The van der Waals surface area contributed by atoms with E-state index in [9.17, 15) is 9.59 Å². The molecule has 0 radical (unpaired) electrons. The summed E-state index contributed by atoms with van der Waals surface area (Å²) in [5, 5.41) is 6.87. The number of carbonyl (C=O) groups excluding carboxylic acids is 2. The van der Waals surface area contributed by atoms with Gasteiger partial charge in [-0.25, -0.2) is 4.39 Å². The van der Waals surface area contributed by atoms with Crippen molar-refractivity contribution < 1.29 is 14.0 Å². The lowest BCUT2D eigenvalue weighted by molar-refractivity contribution is -0.134. The van der Waals surface area contributed by atoms with E-state index in [1.165, 1.54) is 6.07 Å². The number of hydrogen-bond donors (Lipinski definition) is 1. The fraction of sp³-hybridized carbons (Fsp3) is 0.414. The van der Waals surface area contributed by atoms with E-state index in [1.54, 1.807) is 29.1 Å². The zero-order valence-electron chi connectivity index (χ0n) is 21.9. The van der Waals surface area contributed by atoms with E-state index < -0.39 is 0 Å². The molecule has 1 aliphatic rings. The van der Waals surface area contributed by atoms with E-state index in [0.717, 1.165) is 18.4 Å². The van der Waals surface area contributed by atoms with Crippen LogP contribution >= 0.6 is 0 Å². The van der Waals surface area contributed by atoms with Gasteiger partial charge in [0.15, 0.2) is 0 Å². The molecule has 0 spiro atoms. The predicted octanol–water partition coefficient (Wildman–Crippen LogP) is 5.16. The highest BCUT2D eigenvalue weighted by Crippen LogP contribution is 2.36. The van der Waals surface area contributed by atoms with E-state index in [-0.39, 0.29) is 29.5 Å². The zero-order valence-corrected chi connectivity index (χ0v) is 21.9. The molecule has 3 aromatic rings. The first kappa shape index (κ1) is 26.4. The summed E-state index contributed by atoms with van der Waals surface area (Å²) in [5.74, 6) is -0.527. The molecule has 7 nitrogen and oxygen atoms in total. The van der Waals surface area contributed by atoms with Crippen LogP contribution in [0.1, 0.15) is 55.6 Å². The average molecular weight is 506 g/mol. The molecule has 4 rings (SSSR count). The molecule has 1 saturated heterocycles. The third kappa shape index (κ3) is 5.84. The molecule has 0 saturated carbocycles. The molecule has 1 aromatic heterocycles. The van der Waals surface area contributed by atoms with Crippen LogP contribution in [0.15, 0.2) is 60.8 Å². The molecule has 2 amide bonds. The maximum atomic E-state index is 15.1. The van der Waals surface area contributed by atoms with Crippen molar-refractivity contribution in [1.82, 2.24) is 14.7 Å². The minimum atomic E-state index is -0.376. The van der Waals surface area contributed by atoms with E-state index in [4.69, 9.17) is 0 Å². The number of halogens is 1. The minimum absolute atomic E-state index is 0.172. The number of nitrogens with zero attached hydrogens (tertiary/aromatic N) is 4. The molecule has 196 valence electrons. The molecule has 1 N–H and O–H groups in total. The number of nitrogens with one attached hydrogen (secondary N) is 1. The van der Waals surface area contributed by atoms with Crippen molar-refractivity contribution in [3.63, 3.8) is 0 Å². The molecule has 1 fully saturated rings. The van der Waals surface area contributed by atoms with Crippen molar-refractivity contribution in [2.24, 2.45) is 5.92 Å². The third-order valence-electron chi connectivity index (χ3n) is 7.31. The lowest BCUT2D eigenvalue weighted by Crippen LogP contribution is -2.42. The number of amides is 2. The summed E-state index contributed by atoms with van der Waals surface area (Å²) in [4.78, 5) is 30.0. The van der Waals surface area contributed by atoms with Gasteiger partial charge in [-0.3, -0.25) is 14.3 Å². The Kier molecular flexibility index (Phi) is 8.58. The normalized spacial score (nSPS) is 14.9. The van der Waals surface area contributed by atoms with Crippen molar-refractivity contribution in [2.45, 2.75) is 46.1 Å². The van der Waals surface area contributed by atoms with Crippen LogP contribution < -0.4 is 10.2 Å². The molecule has 8 heteroatoms. The molecule has 1 unspecified atom stereocenters. The number of aryl methyl sites for hydroxylation is 1. The number of rotatable bonds is 9. The third-order valence-corrected chi connectivity index (χ3v) is 7.31. The van der Waals surface area contributed by atoms with Gasteiger partial charge in [-0.1, -0.05) is 30.3 Å². The highest BCUT2D eigenvalue weighted by Gasteiger charge is 2.35. The van der Waals surface area contributed by atoms with Crippen LogP contribution in [-0.4, -0.2) is 52.7 Å². The highest BCUT2D eigenvalue weighted by molar-refractivity contribution is 6.03. The number of hydrogen-bond acceptors (Lipinski definition) is 4. The van der Waals surface area contributed by atoms with Gasteiger partial charge in [0.25, 0.3) is 5.91 Å². The van der Waals surface area contributed by atoms with Crippen LogP contribution in [-0.2, 0) is 11.3 Å². The van der Waals surface area contributed by atoms with Gasteiger partial charge < -0.3 is 15.1 Å². The van der Waals surface area contributed by atoms with Crippen LogP contribution in [0, 0.1) is 11.7 Å². The minimum Gasteiger partial charge on any atom is -0.369 e. The maximum absolute atomic E-state index is 15.1. The summed E-state index contributed by atoms with van der Waals surface area (Å²) in [5.41, 5.74) is 2.40. The number of likely N-dealkylation sites (N-methyl/N-ethyl adjacent to an activating group) is 1. The number of anilines is 2. The van der Waals surface area contributed by atoms with Crippen LogP contribution in [0.2, 0.25) is 0 Å². The van der Waals surface area contributed by atoms with E-state index in [0.29, 0.717) is 49.8 Å². The molecule has 2 heterocycles. The van der Waals surface area contributed by atoms with E-state index >= 15 is 4.39 Å². The quantitative estimate of drug-likeness (QED) is 0.436. The van der Waals surface area contributed by atoms with Gasteiger partial charge in [0.2, 0.25) is 5.91 Å². The largest absolute Gasteiger partial charge is 0.369 e. The van der Waals surface area contributed by atoms with Crippen molar-refractivity contribution in [3.8, 4) is 0 Å². The zero-order chi connectivity index (χ0) is 26.4. The van der Waals surface area contributed by atoms with Gasteiger partial charge >= 0.3 is 0 Å². The summed E-state index contributed by atoms with van der Waals surface area (Å²) >= 11 is 0. The Morgan fingerprint density at radius 3 is 2.38 bits per heavy atom. The average Bonchev–Trinajstić information content (AvgIpc) is 3.40. The number of carbonyl (C=O) groups is 2. The summed E-state index contributed by atoms with van der Waals surface area (Å²) in [7, 11) is 0. The first-order chi connectivity index (χ1) is 18.0. The molecule has 2 aromatic carbocycles. The van der Waals surface area contributed by atoms with Crippen molar-refractivity contribution >= 4 is 23.2 Å². The second-order valence-corrected chi connectivity index (χ2v) is 9.38. The monoisotopic (exact) mass is 505 g/mol. The molecular formula is C29H36FN5O2. The fourth-order valence-electron chi connectivity index (χ4n) is 5.30. The van der Waals surface area contributed by atoms with Gasteiger partial charge in [-0.05, 0) is 69.4 Å². The second kappa shape index (κ2) is 12.0. The molecule has 1 atom stereocenters. The number of aromatic nitrogens is 2. The fourth-order valence-corrected chi connectivity index (χ4v) is 5.30. The van der Waals surface area contributed by atoms with E-state index in [2.05, 4.69) is 10.4 Å². The molecule has 1 aliphatic heterocycles. The van der Waals surface area contributed by atoms with Crippen molar-refractivity contribution in [3.05, 3.63) is 77.9 Å².